The van der Waals surface area contributed by atoms with E-state index < -0.39 is 0 Å². The van der Waals surface area contributed by atoms with E-state index in [1.165, 1.54) is 18.6 Å². The molecule has 102 valence electrons. The number of thioether (sulfide) groups is 1. The van der Waals surface area contributed by atoms with Crippen molar-refractivity contribution in [2.75, 3.05) is 12.8 Å². The predicted molar refractivity (Wildman–Crippen MR) is 83.1 cm³/mol. The summed E-state index contributed by atoms with van der Waals surface area (Å²) in [7, 11) is 2.01. The molecule has 1 aliphatic rings. The minimum atomic E-state index is 0.215. The maximum atomic E-state index is 6.03. The highest BCUT2D eigenvalue weighted by atomic mass is 35.5. The number of fused-ring (bicyclic) bond motifs is 1. The van der Waals surface area contributed by atoms with Crippen LogP contribution < -0.4 is 5.32 Å². The second kappa shape index (κ2) is 5.04. The molecule has 0 radical (unpaired) electrons. The van der Waals surface area contributed by atoms with Crippen molar-refractivity contribution >= 4 is 34.3 Å². The third-order valence-corrected chi connectivity index (χ3v) is 5.76. The first-order valence-corrected chi connectivity index (χ1v) is 7.99. The van der Waals surface area contributed by atoms with Gasteiger partial charge in [0.15, 0.2) is 0 Å². The van der Waals surface area contributed by atoms with Gasteiger partial charge in [-0.2, -0.15) is 11.8 Å². The van der Waals surface area contributed by atoms with Crippen molar-refractivity contribution in [1.82, 2.24) is 5.32 Å². The fraction of sp³-hybridized carbons (Fsp3) is 0.467. The van der Waals surface area contributed by atoms with Gasteiger partial charge in [-0.05, 0) is 56.8 Å². The molecule has 2 atom stereocenters. The molecule has 4 heteroatoms. The van der Waals surface area contributed by atoms with Crippen molar-refractivity contribution in [2.24, 2.45) is 0 Å². The maximum absolute atomic E-state index is 6.03. The zero-order valence-corrected chi connectivity index (χ0v) is 12.8. The molecule has 2 aromatic rings. The first-order valence-electron chi connectivity index (χ1n) is 6.62. The molecule has 1 fully saturated rings. The molecule has 19 heavy (non-hydrogen) atoms. The topological polar surface area (TPSA) is 25.2 Å². The molecule has 2 heterocycles. The number of benzene rings is 1. The van der Waals surface area contributed by atoms with Crippen molar-refractivity contribution in [3.05, 3.63) is 35.0 Å². The zero-order chi connectivity index (χ0) is 13.5. The molecule has 1 saturated heterocycles. The van der Waals surface area contributed by atoms with Gasteiger partial charge in [0.25, 0.3) is 0 Å². The summed E-state index contributed by atoms with van der Waals surface area (Å²) in [6.45, 7) is 2.33. The van der Waals surface area contributed by atoms with E-state index in [1.807, 2.05) is 37.0 Å². The van der Waals surface area contributed by atoms with Crippen LogP contribution in [0.25, 0.3) is 11.0 Å². The van der Waals surface area contributed by atoms with Crippen LogP contribution in [0.5, 0.6) is 0 Å². The summed E-state index contributed by atoms with van der Waals surface area (Å²) < 4.78 is 6.23. The lowest BCUT2D eigenvalue weighted by Crippen LogP contribution is -2.35. The molecule has 0 amide bonds. The van der Waals surface area contributed by atoms with Crippen LogP contribution in [0.2, 0.25) is 5.02 Å². The van der Waals surface area contributed by atoms with E-state index in [0.717, 1.165) is 21.8 Å². The summed E-state index contributed by atoms with van der Waals surface area (Å²) in [5.41, 5.74) is 0.909. The summed E-state index contributed by atoms with van der Waals surface area (Å²) in [6.07, 6.45) is 2.51. The first-order chi connectivity index (χ1) is 9.12. The summed E-state index contributed by atoms with van der Waals surface area (Å²) in [5.74, 6) is 2.25. The van der Waals surface area contributed by atoms with Crippen LogP contribution in [0, 0.1) is 0 Å². The summed E-state index contributed by atoms with van der Waals surface area (Å²) in [5, 5.41) is 5.26. The first kappa shape index (κ1) is 13.3. The predicted octanol–water partition coefficient (Wildman–Crippen LogP) is 4.63. The summed E-state index contributed by atoms with van der Waals surface area (Å²) in [4.78, 5) is 0. The Morgan fingerprint density at radius 2 is 2.26 bits per heavy atom. The Morgan fingerprint density at radius 3 is 2.95 bits per heavy atom. The van der Waals surface area contributed by atoms with Gasteiger partial charge in [-0.3, -0.25) is 0 Å². The van der Waals surface area contributed by atoms with Gasteiger partial charge in [-0.1, -0.05) is 11.6 Å². The Balaban J connectivity index is 2.01. The lowest BCUT2D eigenvalue weighted by Gasteiger charge is -2.31. The second-order valence-electron chi connectivity index (χ2n) is 5.32. The minimum Gasteiger partial charge on any atom is -0.459 e. The fourth-order valence-corrected chi connectivity index (χ4v) is 4.58. The van der Waals surface area contributed by atoms with Crippen molar-refractivity contribution in [2.45, 2.75) is 30.6 Å². The van der Waals surface area contributed by atoms with E-state index in [9.17, 15) is 0 Å². The highest BCUT2D eigenvalue weighted by molar-refractivity contribution is 8.00. The van der Waals surface area contributed by atoms with Crippen LogP contribution in [0.1, 0.15) is 31.6 Å². The normalized spacial score (nSPS) is 25.0. The lowest BCUT2D eigenvalue weighted by molar-refractivity contribution is 0.374. The second-order valence-corrected chi connectivity index (χ2v) is 7.38. The van der Waals surface area contributed by atoms with Gasteiger partial charge in [-0.15, -0.1) is 0 Å². The fourth-order valence-electron chi connectivity index (χ4n) is 2.95. The molecule has 1 aromatic heterocycles. The molecule has 0 saturated carbocycles. The average molecular weight is 296 g/mol. The minimum absolute atomic E-state index is 0.215. The largest absolute Gasteiger partial charge is 0.459 e. The van der Waals surface area contributed by atoms with Crippen molar-refractivity contribution in [1.29, 1.82) is 0 Å². The Morgan fingerprint density at radius 1 is 1.42 bits per heavy atom. The Bertz CT molecular complexity index is 589. The SMILES string of the molecule is CNC(c1cc2cc(Cl)ccc2o1)C1(C)CCCS1. The quantitative estimate of drug-likeness (QED) is 0.893. The van der Waals surface area contributed by atoms with Gasteiger partial charge >= 0.3 is 0 Å². The zero-order valence-electron chi connectivity index (χ0n) is 11.2. The van der Waals surface area contributed by atoms with Gasteiger partial charge in [0.2, 0.25) is 0 Å². The monoisotopic (exact) mass is 295 g/mol. The average Bonchev–Trinajstić information content (AvgIpc) is 2.96. The van der Waals surface area contributed by atoms with E-state index in [2.05, 4.69) is 18.3 Å². The molecule has 1 aromatic carbocycles. The lowest BCUT2D eigenvalue weighted by atomic mass is 9.94. The van der Waals surface area contributed by atoms with Crippen LogP contribution in [-0.2, 0) is 0 Å². The third-order valence-electron chi connectivity index (χ3n) is 3.93. The molecule has 2 unspecified atom stereocenters. The summed E-state index contributed by atoms with van der Waals surface area (Å²) in [6, 6.07) is 8.13. The third kappa shape index (κ3) is 2.39. The van der Waals surface area contributed by atoms with Gasteiger partial charge in [0.1, 0.15) is 11.3 Å². The van der Waals surface area contributed by atoms with Gasteiger partial charge in [0, 0.05) is 15.2 Å². The summed E-state index contributed by atoms with van der Waals surface area (Å²) >= 11 is 8.07. The van der Waals surface area contributed by atoms with Crippen LogP contribution >= 0.6 is 23.4 Å². The molecular weight excluding hydrogens is 278 g/mol. The van der Waals surface area contributed by atoms with Gasteiger partial charge in [-0.25, -0.2) is 0 Å². The van der Waals surface area contributed by atoms with E-state index in [1.54, 1.807) is 0 Å². The number of hydrogen-bond donors (Lipinski definition) is 1. The van der Waals surface area contributed by atoms with Crippen molar-refractivity contribution < 1.29 is 4.42 Å². The Kier molecular flexibility index (Phi) is 3.54. The number of halogens is 1. The molecule has 0 aliphatic carbocycles. The molecular formula is C15H18ClNOS. The number of rotatable bonds is 3. The highest BCUT2D eigenvalue weighted by Crippen LogP contribution is 2.47. The van der Waals surface area contributed by atoms with Gasteiger partial charge in [0.05, 0.1) is 6.04 Å². The van der Waals surface area contributed by atoms with E-state index in [-0.39, 0.29) is 10.8 Å². The number of nitrogens with one attached hydrogen (secondary N) is 1. The Labute approximate surface area is 122 Å². The standard InChI is InChI=1S/C15H18ClNOS/c1-15(6-3-7-19-15)14(17-2)13-9-10-8-11(16)4-5-12(10)18-13/h4-5,8-9,14,17H,3,6-7H2,1-2H3. The van der Waals surface area contributed by atoms with Crippen molar-refractivity contribution in [3.63, 3.8) is 0 Å². The molecule has 0 bridgehead atoms. The Hall–Kier alpha value is -0.640. The smallest absolute Gasteiger partial charge is 0.134 e. The molecule has 3 rings (SSSR count). The van der Waals surface area contributed by atoms with Crippen LogP contribution in [0.3, 0.4) is 0 Å². The van der Waals surface area contributed by atoms with Crippen LogP contribution in [0.15, 0.2) is 28.7 Å². The van der Waals surface area contributed by atoms with Gasteiger partial charge < -0.3 is 9.73 Å². The van der Waals surface area contributed by atoms with Crippen LogP contribution in [0.4, 0.5) is 0 Å². The number of hydrogen-bond acceptors (Lipinski definition) is 3. The van der Waals surface area contributed by atoms with E-state index >= 15 is 0 Å². The number of furan rings is 1. The van der Waals surface area contributed by atoms with E-state index in [0.29, 0.717) is 0 Å². The highest BCUT2D eigenvalue weighted by Gasteiger charge is 2.39. The van der Waals surface area contributed by atoms with Crippen molar-refractivity contribution in [3.8, 4) is 0 Å². The molecule has 0 spiro atoms. The maximum Gasteiger partial charge on any atom is 0.134 e. The molecule has 2 nitrogen and oxygen atoms in total. The van der Waals surface area contributed by atoms with E-state index in [4.69, 9.17) is 16.0 Å². The van der Waals surface area contributed by atoms with Crippen LogP contribution in [-0.4, -0.2) is 17.5 Å². The molecule has 1 aliphatic heterocycles. The molecule has 1 N–H and O–H groups in total.